The molecule has 2 aromatic carbocycles. The van der Waals surface area contributed by atoms with Crippen LogP contribution in [-0.2, 0) is 0 Å². The van der Waals surface area contributed by atoms with E-state index in [0.717, 1.165) is 5.69 Å². The number of nitrogens with one attached hydrogen (secondary N) is 1. The van der Waals surface area contributed by atoms with Crippen molar-refractivity contribution in [3.8, 4) is 5.75 Å². The van der Waals surface area contributed by atoms with Crippen molar-refractivity contribution >= 4 is 5.69 Å². The third-order valence-electron chi connectivity index (χ3n) is 3.63. The van der Waals surface area contributed by atoms with E-state index < -0.39 is 0 Å². The maximum atomic E-state index is 14.0. The lowest BCUT2D eigenvalue weighted by Gasteiger charge is -2.17. The second-order valence-electron chi connectivity index (χ2n) is 5.53. The highest BCUT2D eigenvalue weighted by molar-refractivity contribution is 5.47. The first-order valence-corrected chi connectivity index (χ1v) is 7.21. The SMILES string of the molecule is COc1ccc(C(C)Nc2ccc(C(C)C)cc2)c(F)c1. The largest absolute Gasteiger partial charge is 0.497 e. The first-order valence-electron chi connectivity index (χ1n) is 7.21. The van der Waals surface area contributed by atoms with E-state index in [9.17, 15) is 4.39 Å². The summed E-state index contributed by atoms with van der Waals surface area (Å²) >= 11 is 0. The van der Waals surface area contributed by atoms with Crippen LogP contribution in [0.2, 0.25) is 0 Å². The van der Waals surface area contributed by atoms with Crippen LogP contribution in [0.1, 0.15) is 43.9 Å². The fraction of sp³-hybridized carbons (Fsp3) is 0.333. The summed E-state index contributed by atoms with van der Waals surface area (Å²) in [7, 11) is 1.53. The molecule has 0 radical (unpaired) electrons. The minimum Gasteiger partial charge on any atom is -0.497 e. The van der Waals surface area contributed by atoms with Crippen LogP contribution < -0.4 is 10.1 Å². The molecule has 0 spiro atoms. The lowest BCUT2D eigenvalue weighted by molar-refractivity contribution is 0.410. The van der Waals surface area contributed by atoms with E-state index in [0.29, 0.717) is 17.2 Å². The predicted molar refractivity (Wildman–Crippen MR) is 85.5 cm³/mol. The third kappa shape index (κ3) is 3.75. The number of halogens is 1. The summed E-state index contributed by atoms with van der Waals surface area (Å²) in [6.45, 7) is 6.27. The Balaban J connectivity index is 2.12. The van der Waals surface area contributed by atoms with E-state index in [2.05, 4.69) is 31.3 Å². The summed E-state index contributed by atoms with van der Waals surface area (Å²) < 4.78 is 19.1. The summed E-state index contributed by atoms with van der Waals surface area (Å²) in [6, 6.07) is 13.1. The van der Waals surface area contributed by atoms with Gasteiger partial charge in [-0.15, -0.1) is 0 Å². The zero-order valence-electron chi connectivity index (χ0n) is 13.0. The van der Waals surface area contributed by atoms with Crippen LogP contribution in [0.3, 0.4) is 0 Å². The number of anilines is 1. The van der Waals surface area contributed by atoms with Crippen LogP contribution in [0, 0.1) is 5.82 Å². The van der Waals surface area contributed by atoms with Crippen molar-refractivity contribution in [3.05, 3.63) is 59.4 Å². The minimum atomic E-state index is -0.256. The van der Waals surface area contributed by atoms with Crippen LogP contribution in [0.4, 0.5) is 10.1 Å². The Morgan fingerprint density at radius 1 is 1.00 bits per heavy atom. The normalized spacial score (nSPS) is 12.3. The Hall–Kier alpha value is -2.03. The van der Waals surface area contributed by atoms with Gasteiger partial charge in [-0.25, -0.2) is 4.39 Å². The summed E-state index contributed by atoms with van der Waals surface area (Å²) in [5.74, 6) is 0.786. The van der Waals surface area contributed by atoms with Crippen molar-refractivity contribution in [3.63, 3.8) is 0 Å². The van der Waals surface area contributed by atoms with Gasteiger partial charge in [-0.1, -0.05) is 32.0 Å². The molecule has 0 aliphatic carbocycles. The fourth-order valence-corrected chi connectivity index (χ4v) is 2.28. The first-order chi connectivity index (χ1) is 10.0. The second-order valence-corrected chi connectivity index (χ2v) is 5.53. The monoisotopic (exact) mass is 287 g/mol. The average Bonchev–Trinajstić information content (AvgIpc) is 2.47. The van der Waals surface area contributed by atoms with Gasteiger partial charge >= 0.3 is 0 Å². The van der Waals surface area contributed by atoms with Crippen LogP contribution in [-0.4, -0.2) is 7.11 Å². The van der Waals surface area contributed by atoms with Gasteiger partial charge in [-0.2, -0.15) is 0 Å². The van der Waals surface area contributed by atoms with Gasteiger partial charge in [0, 0.05) is 17.3 Å². The highest BCUT2D eigenvalue weighted by Gasteiger charge is 2.12. The quantitative estimate of drug-likeness (QED) is 0.823. The van der Waals surface area contributed by atoms with Crippen LogP contribution in [0.5, 0.6) is 5.75 Å². The van der Waals surface area contributed by atoms with Gasteiger partial charge in [-0.05, 0) is 36.6 Å². The molecule has 112 valence electrons. The zero-order chi connectivity index (χ0) is 15.4. The van der Waals surface area contributed by atoms with E-state index in [1.165, 1.54) is 18.7 Å². The Morgan fingerprint density at radius 2 is 1.67 bits per heavy atom. The molecular formula is C18H22FNO. The molecule has 0 aliphatic rings. The molecule has 1 unspecified atom stereocenters. The van der Waals surface area contributed by atoms with Crippen molar-refractivity contribution in [1.29, 1.82) is 0 Å². The lowest BCUT2D eigenvalue weighted by atomic mass is 10.0. The first kappa shape index (κ1) is 15.4. The van der Waals surface area contributed by atoms with Crippen LogP contribution >= 0.6 is 0 Å². The second kappa shape index (κ2) is 6.61. The van der Waals surface area contributed by atoms with Crippen molar-refractivity contribution < 1.29 is 9.13 Å². The highest BCUT2D eigenvalue weighted by Crippen LogP contribution is 2.25. The number of hydrogen-bond donors (Lipinski definition) is 1. The van der Waals surface area contributed by atoms with Gasteiger partial charge in [-0.3, -0.25) is 0 Å². The Bertz CT molecular complexity index is 593. The Morgan fingerprint density at radius 3 is 2.19 bits per heavy atom. The van der Waals surface area contributed by atoms with Crippen LogP contribution in [0.25, 0.3) is 0 Å². The summed E-state index contributed by atoms with van der Waals surface area (Å²) in [6.07, 6.45) is 0. The third-order valence-corrected chi connectivity index (χ3v) is 3.63. The summed E-state index contributed by atoms with van der Waals surface area (Å²) in [4.78, 5) is 0. The summed E-state index contributed by atoms with van der Waals surface area (Å²) in [5.41, 5.74) is 2.91. The number of methoxy groups -OCH3 is 1. The average molecular weight is 287 g/mol. The Kier molecular flexibility index (Phi) is 4.84. The molecule has 0 amide bonds. The van der Waals surface area contributed by atoms with Gasteiger partial charge in [0.15, 0.2) is 0 Å². The molecule has 1 atom stereocenters. The van der Waals surface area contributed by atoms with Gasteiger partial charge in [0.1, 0.15) is 11.6 Å². The molecule has 2 aromatic rings. The van der Waals surface area contributed by atoms with E-state index in [-0.39, 0.29) is 11.9 Å². The minimum absolute atomic E-state index is 0.110. The fourth-order valence-electron chi connectivity index (χ4n) is 2.28. The molecule has 0 saturated heterocycles. The lowest BCUT2D eigenvalue weighted by Crippen LogP contribution is -2.08. The molecule has 3 heteroatoms. The summed E-state index contributed by atoms with van der Waals surface area (Å²) in [5, 5.41) is 3.32. The van der Waals surface area contributed by atoms with Crippen molar-refractivity contribution in [2.75, 3.05) is 12.4 Å². The van der Waals surface area contributed by atoms with Crippen molar-refractivity contribution in [2.45, 2.75) is 32.7 Å². The highest BCUT2D eigenvalue weighted by atomic mass is 19.1. The smallest absolute Gasteiger partial charge is 0.132 e. The van der Waals surface area contributed by atoms with E-state index in [4.69, 9.17) is 4.74 Å². The maximum Gasteiger partial charge on any atom is 0.132 e. The van der Waals surface area contributed by atoms with E-state index >= 15 is 0 Å². The molecule has 2 nitrogen and oxygen atoms in total. The van der Waals surface area contributed by atoms with Gasteiger partial charge in [0.25, 0.3) is 0 Å². The van der Waals surface area contributed by atoms with Gasteiger partial charge < -0.3 is 10.1 Å². The molecule has 1 N–H and O–H groups in total. The molecule has 0 saturated carbocycles. The number of benzene rings is 2. The molecule has 0 heterocycles. The Labute approximate surface area is 126 Å². The molecular weight excluding hydrogens is 265 g/mol. The van der Waals surface area contributed by atoms with Crippen molar-refractivity contribution in [2.24, 2.45) is 0 Å². The van der Waals surface area contributed by atoms with Crippen LogP contribution in [0.15, 0.2) is 42.5 Å². The number of hydrogen-bond acceptors (Lipinski definition) is 2. The molecule has 0 bridgehead atoms. The topological polar surface area (TPSA) is 21.3 Å². The molecule has 0 aliphatic heterocycles. The maximum absolute atomic E-state index is 14.0. The number of rotatable bonds is 5. The van der Waals surface area contributed by atoms with Gasteiger partial charge in [0.05, 0.1) is 13.2 Å². The molecule has 0 aromatic heterocycles. The van der Waals surface area contributed by atoms with E-state index in [1.807, 2.05) is 19.1 Å². The van der Waals surface area contributed by atoms with Gasteiger partial charge in [0.2, 0.25) is 0 Å². The molecule has 0 fully saturated rings. The standard InChI is InChI=1S/C18H22FNO/c1-12(2)14-5-7-15(8-6-14)20-13(3)17-10-9-16(21-4)11-18(17)19/h5-13,20H,1-4H3. The van der Waals surface area contributed by atoms with Crippen molar-refractivity contribution in [1.82, 2.24) is 0 Å². The molecule has 21 heavy (non-hydrogen) atoms. The predicted octanol–water partition coefficient (Wildman–Crippen LogP) is 5.13. The number of ether oxygens (including phenoxy) is 1. The zero-order valence-corrected chi connectivity index (χ0v) is 13.0. The molecule has 2 rings (SSSR count). The van der Waals surface area contributed by atoms with E-state index in [1.54, 1.807) is 12.1 Å².